The lowest BCUT2D eigenvalue weighted by atomic mass is 10.1. The molecule has 1 aromatic heterocycles. The fourth-order valence-electron chi connectivity index (χ4n) is 3.07. The number of nitrogens with one attached hydrogen (secondary N) is 3. The average Bonchev–Trinajstić information content (AvgIpc) is 3.33. The van der Waals surface area contributed by atoms with Gasteiger partial charge in [0.05, 0.1) is 16.3 Å². The number of amides is 1. The third kappa shape index (κ3) is 5.16. The highest BCUT2D eigenvalue weighted by atomic mass is 35.5. The topological polar surface area (TPSA) is 104 Å². The van der Waals surface area contributed by atoms with Crippen LogP contribution in [0.5, 0.6) is 0 Å². The number of aromatic amines is 1. The monoisotopic (exact) mass is 466 g/mol. The maximum atomic E-state index is 12.7. The lowest BCUT2D eigenvalue weighted by Gasteiger charge is -2.10. The predicted octanol–water partition coefficient (Wildman–Crippen LogP) is 4.46. The molecule has 0 unspecified atom stereocenters. The Balaban J connectivity index is 1.43. The number of carbonyl (C=O) groups excluding carboxylic acids is 1. The van der Waals surface area contributed by atoms with Gasteiger partial charge in [-0.3, -0.25) is 14.6 Å². The quantitative estimate of drug-likeness (QED) is 0.374. The molecule has 162 valence electrons. The van der Waals surface area contributed by atoms with Crippen LogP contribution in [0, 0.1) is 0 Å². The largest absolute Gasteiger partial charge is 0.348 e. The molecule has 4 rings (SSSR count). The highest BCUT2D eigenvalue weighted by molar-refractivity contribution is 7.92. The van der Waals surface area contributed by atoms with E-state index in [9.17, 15) is 13.2 Å². The summed E-state index contributed by atoms with van der Waals surface area (Å²) in [5.41, 5.74) is 3.39. The van der Waals surface area contributed by atoms with Crippen LogP contribution in [0.4, 0.5) is 5.69 Å². The summed E-state index contributed by atoms with van der Waals surface area (Å²) in [4.78, 5) is 12.6. The molecule has 9 heteroatoms. The molecule has 0 aliphatic rings. The van der Waals surface area contributed by atoms with Gasteiger partial charge in [0.1, 0.15) is 0 Å². The zero-order valence-corrected chi connectivity index (χ0v) is 18.3. The van der Waals surface area contributed by atoms with Gasteiger partial charge in [0.25, 0.3) is 15.9 Å². The highest BCUT2D eigenvalue weighted by Gasteiger charge is 2.17. The normalized spacial score (nSPS) is 11.2. The summed E-state index contributed by atoms with van der Waals surface area (Å²) in [6, 6.07) is 21.8. The zero-order valence-electron chi connectivity index (χ0n) is 16.7. The van der Waals surface area contributed by atoms with Crippen molar-refractivity contribution in [2.45, 2.75) is 11.4 Å². The van der Waals surface area contributed by atoms with E-state index in [4.69, 9.17) is 11.6 Å². The highest BCUT2D eigenvalue weighted by Crippen LogP contribution is 2.20. The molecule has 0 saturated carbocycles. The molecule has 3 aromatic carbocycles. The summed E-state index contributed by atoms with van der Waals surface area (Å²) in [5, 5.41) is 10.1. The van der Waals surface area contributed by atoms with Crippen LogP contribution in [-0.4, -0.2) is 24.5 Å². The minimum atomic E-state index is -3.88. The van der Waals surface area contributed by atoms with Crippen molar-refractivity contribution in [3.8, 4) is 11.3 Å². The third-order valence-electron chi connectivity index (χ3n) is 4.70. The van der Waals surface area contributed by atoms with Crippen LogP contribution in [0.2, 0.25) is 5.02 Å². The summed E-state index contributed by atoms with van der Waals surface area (Å²) in [5.74, 6) is -0.373. The van der Waals surface area contributed by atoms with Crippen molar-refractivity contribution in [3.05, 3.63) is 101 Å². The van der Waals surface area contributed by atoms with Crippen LogP contribution < -0.4 is 10.0 Å². The first-order valence-corrected chi connectivity index (χ1v) is 11.5. The number of hydrogen-bond acceptors (Lipinski definition) is 4. The first-order chi connectivity index (χ1) is 15.4. The lowest BCUT2D eigenvalue weighted by molar-refractivity contribution is 0.0950. The Morgan fingerprint density at radius 3 is 2.47 bits per heavy atom. The predicted molar refractivity (Wildman–Crippen MR) is 124 cm³/mol. The van der Waals surface area contributed by atoms with Crippen molar-refractivity contribution in [3.63, 3.8) is 0 Å². The number of nitrogens with zero attached hydrogens (tertiary/aromatic N) is 1. The minimum absolute atomic E-state index is 0.0194. The molecule has 0 radical (unpaired) electrons. The summed E-state index contributed by atoms with van der Waals surface area (Å²) < 4.78 is 27.9. The molecular formula is C23H19ClN4O3S. The van der Waals surface area contributed by atoms with Gasteiger partial charge in [-0.25, -0.2) is 8.42 Å². The number of hydrogen-bond donors (Lipinski definition) is 3. The number of carbonyl (C=O) groups is 1. The maximum absolute atomic E-state index is 12.7. The van der Waals surface area contributed by atoms with Gasteiger partial charge < -0.3 is 5.32 Å². The smallest absolute Gasteiger partial charge is 0.261 e. The van der Waals surface area contributed by atoms with Gasteiger partial charge in [0.15, 0.2) is 0 Å². The summed E-state index contributed by atoms with van der Waals surface area (Å²) in [6.07, 6.45) is 1.68. The van der Waals surface area contributed by atoms with E-state index < -0.39 is 10.0 Å². The van der Waals surface area contributed by atoms with Gasteiger partial charge in [-0.1, -0.05) is 48.0 Å². The van der Waals surface area contributed by atoms with Crippen molar-refractivity contribution < 1.29 is 13.2 Å². The van der Waals surface area contributed by atoms with Gasteiger partial charge in [0.2, 0.25) is 0 Å². The van der Waals surface area contributed by atoms with Gasteiger partial charge in [-0.2, -0.15) is 5.10 Å². The summed E-state index contributed by atoms with van der Waals surface area (Å²) in [6.45, 7) is 0.305. The van der Waals surface area contributed by atoms with Crippen molar-refractivity contribution in [2.75, 3.05) is 4.72 Å². The second-order valence-electron chi connectivity index (χ2n) is 6.99. The van der Waals surface area contributed by atoms with E-state index in [1.54, 1.807) is 30.5 Å². The molecule has 32 heavy (non-hydrogen) atoms. The van der Waals surface area contributed by atoms with Crippen molar-refractivity contribution in [1.82, 2.24) is 15.5 Å². The zero-order chi connectivity index (χ0) is 22.6. The number of sulfonamides is 1. The molecule has 1 heterocycles. The van der Waals surface area contributed by atoms with E-state index in [-0.39, 0.29) is 16.4 Å². The second-order valence-corrected chi connectivity index (χ2v) is 9.11. The molecule has 0 spiro atoms. The molecule has 7 nitrogen and oxygen atoms in total. The standard InChI is InChI=1S/C23H19ClN4O3S/c24-19-4-2-5-20(14-19)28-32(30,31)21-6-1-3-18(13-21)23(29)25-15-16-7-9-17(10-8-16)22-11-12-26-27-22/h1-14,28H,15H2,(H,25,29)(H,26,27). The Hall–Kier alpha value is -3.62. The number of anilines is 1. The summed E-state index contributed by atoms with van der Waals surface area (Å²) in [7, 11) is -3.88. The fourth-order valence-corrected chi connectivity index (χ4v) is 4.36. The van der Waals surface area contributed by atoms with Gasteiger partial charge >= 0.3 is 0 Å². The molecule has 4 aromatic rings. The van der Waals surface area contributed by atoms with E-state index in [1.807, 2.05) is 30.3 Å². The first kappa shape index (κ1) is 21.6. The van der Waals surface area contributed by atoms with Gasteiger partial charge in [-0.05, 0) is 53.6 Å². The van der Waals surface area contributed by atoms with Crippen LogP contribution in [0.3, 0.4) is 0 Å². The van der Waals surface area contributed by atoms with E-state index in [1.165, 1.54) is 24.3 Å². The Bertz CT molecular complexity index is 1340. The molecule has 1 amide bonds. The van der Waals surface area contributed by atoms with E-state index in [0.29, 0.717) is 17.3 Å². The molecule has 0 aliphatic carbocycles. The fraction of sp³-hybridized carbons (Fsp3) is 0.0435. The molecule has 0 fully saturated rings. The van der Waals surface area contributed by atoms with Crippen molar-refractivity contribution in [1.29, 1.82) is 0 Å². The third-order valence-corrected chi connectivity index (χ3v) is 6.32. The number of benzene rings is 3. The van der Waals surface area contributed by atoms with Crippen LogP contribution >= 0.6 is 11.6 Å². The molecular weight excluding hydrogens is 448 g/mol. The van der Waals surface area contributed by atoms with E-state index in [0.717, 1.165) is 16.8 Å². The number of aromatic nitrogens is 2. The average molecular weight is 467 g/mol. The Kier molecular flexibility index (Phi) is 6.25. The van der Waals surface area contributed by atoms with E-state index in [2.05, 4.69) is 20.2 Å². The minimum Gasteiger partial charge on any atom is -0.348 e. The first-order valence-electron chi connectivity index (χ1n) is 9.66. The number of H-pyrrole nitrogens is 1. The Morgan fingerprint density at radius 1 is 0.969 bits per heavy atom. The molecule has 0 aliphatic heterocycles. The molecule has 3 N–H and O–H groups in total. The Labute approximate surface area is 190 Å². The number of halogens is 1. The van der Waals surface area contributed by atoms with Crippen LogP contribution in [0.25, 0.3) is 11.3 Å². The second kappa shape index (κ2) is 9.25. The maximum Gasteiger partial charge on any atom is 0.261 e. The van der Waals surface area contributed by atoms with E-state index >= 15 is 0 Å². The molecule has 0 saturated heterocycles. The SMILES string of the molecule is O=C(NCc1ccc(-c2ccn[nH]2)cc1)c1cccc(S(=O)(=O)Nc2cccc(Cl)c2)c1. The lowest BCUT2D eigenvalue weighted by Crippen LogP contribution is -2.23. The van der Waals surface area contributed by atoms with Crippen LogP contribution in [-0.2, 0) is 16.6 Å². The molecule has 0 bridgehead atoms. The number of rotatable bonds is 7. The van der Waals surface area contributed by atoms with Crippen molar-refractivity contribution in [2.24, 2.45) is 0 Å². The Morgan fingerprint density at radius 2 is 1.75 bits per heavy atom. The molecule has 0 atom stereocenters. The summed E-state index contributed by atoms with van der Waals surface area (Å²) >= 11 is 5.91. The van der Waals surface area contributed by atoms with Crippen LogP contribution in [0.15, 0.2) is 90.0 Å². The van der Waals surface area contributed by atoms with Gasteiger partial charge in [-0.15, -0.1) is 0 Å². The van der Waals surface area contributed by atoms with Gasteiger partial charge in [0, 0.05) is 23.3 Å². The van der Waals surface area contributed by atoms with Crippen molar-refractivity contribution >= 4 is 33.2 Å². The van der Waals surface area contributed by atoms with Crippen LogP contribution in [0.1, 0.15) is 15.9 Å².